The zero-order chi connectivity index (χ0) is 14.8. The first-order valence-electron chi connectivity index (χ1n) is 7.19. The van der Waals surface area contributed by atoms with Crippen molar-refractivity contribution in [3.63, 3.8) is 0 Å². The smallest absolute Gasteiger partial charge is 0.251 e. The molecule has 0 fully saturated rings. The molecule has 4 nitrogen and oxygen atoms in total. The molecule has 110 valence electrons. The second-order valence-electron chi connectivity index (χ2n) is 4.62. The molecule has 0 atom stereocenters. The number of benzene rings is 1. The van der Waals surface area contributed by atoms with E-state index in [-0.39, 0.29) is 5.91 Å². The molecule has 20 heavy (non-hydrogen) atoms. The van der Waals surface area contributed by atoms with E-state index in [0.717, 1.165) is 31.7 Å². The van der Waals surface area contributed by atoms with E-state index in [4.69, 9.17) is 0 Å². The molecule has 0 bridgehead atoms. The number of rotatable bonds is 9. The fourth-order valence-corrected chi connectivity index (χ4v) is 2.01. The fraction of sp³-hybridized carbons (Fsp3) is 0.438. The summed E-state index contributed by atoms with van der Waals surface area (Å²) in [5.41, 5.74) is 1.61. The quantitative estimate of drug-likeness (QED) is 0.728. The molecule has 1 aromatic rings. The molecule has 0 aliphatic heterocycles. The van der Waals surface area contributed by atoms with Crippen molar-refractivity contribution in [3.8, 4) is 0 Å². The number of anilines is 1. The van der Waals surface area contributed by atoms with Crippen molar-refractivity contribution in [2.24, 2.45) is 0 Å². The van der Waals surface area contributed by atoms with Gasteiger partial charge in [-0.2, -0.15) is 0 Å². The van der Waals surface area contributed by atoms with Gasteiger partial charge in [0.05, 0.1) is 0 Å². The summed E-state index contributed by atoms with van der Waals surface area (Å²) in [5.74, 6) is -0.0253. The summed E-state index contributed by atoms with van der Waals surface area (Å²) in [6.07, 6.45) is 2.75. The lowest BCUT2D eigenvalue weighted by Gasteiger charge is -2.19. The minimum atomic E-state index is -0.0253. The van der Waals surface area contributed by atoms with E-state index in [1.54, 1.807) is 6.20 Å². The normalized spacial score (nSPS) is 10.3. The average molecular weight is 275 g/mol. The number of carbonyl (C=O) groups excluding carboxylic acids is 1. The van der Waals surface area contributed by atoms with Gasteiger partial charge < -0.3 is 15.5 Å². The molecule has 0 radical (unpaired) electrons. The van der Waals surface area contributed by atoms with E-state index in [2.05, 4.69) is 36.0 Å². The Balaban J connectivity index is 2.40. The molecule has 0 spiro atoms. The van der Waals surface area contributed by atoms with Gasteiger partial charge in [0, 0.05) is 24.3 Å². The summed E-state index contributed by atoms with van der Waals surface area (Å²) in [6, 6.07) is 7.35. The number of amides is 1. The van der Waals surface area contributed by atoms with Crippen LogP contribution in [-0.4, -0.2) is 37.0 Å². The van der Waals surface area contributed by atoms with Gasteiger partial charge in [0.1, 0.15) is 0 Å². The highest BCUT2D eigenvalue weighted by Gasteiger charge is 2.06. The molecular formula is C16H25N3O. The zero-order valence-electron chi connectivity index (χ0n) is 12.5. The maximum atomic E-state index is 12.0. The molecule has 1 aromatic carbocycles. The van der Waals surface area contributed by atoms with Gasteiger partial charge in [-0.25, -0.2) is 0 Å². The van der Waals surface area contributed by atoms with E-state index in [1.807, 2.05) is 24.3 Å². The second-order valence-corrected chi connectivity index (χ2v) is 4.62. The Bertz CT molecular complexity index is 414. The highest BCUT2D eigenvalue weighted by molar-refractivity contribution is 5.94. The van der Waals surface area contributed by atoms with Crippen LogP contribution in [0.25, 0.3) is 0 Å². The average Bonchev–Trinajstić information content (AvgIpc) is 2.47. The van der Waals surface area contributed by atoms with Crippen LogP contribution in [0.4, 0.5) is 5.69 Å². The van der Waals surface area contributed by atoms with E-state index in [9.17, 15) is 4.79 Å². The molecule has 0 aliphatic rings. The van der Waals surface area contributed by atoms with Gasteiger partial charge >= 0.3 is 0 Å². The molecule has 0 saturated carbocycles. The Morgan fingerprint density at radius 3 is 2.50 bits per heavy atom. The van der Waals surface area contributed by atoms with Crippen LogP contribution in [-0.2, 0) is 0 Å². The topological polar surface area (TPSA) is 44.4 Å². The molecule has 0 heterocycles. The number of likely N-dealkylation sites (N-methyl/N-ethyl adjacent to an activating group) is 1. The van der Waals surface area contributed by atoms with E-state index in [0.29, 0.717) is 12.1 Å². The lowest BCUT2D eigenvalue weighted by atomic mass is 10.2. The van der Waals surface area contributed by atoms with Crippen LogP contribution in [0.1, 0.15) is 30.6 Å². The van der Waals surface area contributed by atoms with Crippen molar-refractivity contribution in [1.82, 2.24) is 10.2 Å². The Morgan fingerprint density at radius 2 is 1.95 bits per heavy atom. The third-order valence-corrected chi connectivity index (χ3v) is 3.12. The lowest BCUT2D eigenvalue weighted by Crippen LogP contribution is -2.35. The van der Waals surface area contributed by atoms with Crippen LogP contribution < -0.4 is 10.6 Å². The third-order valence-electron chi connectivity index (χ3n) is 3.12. The highest BCUT2D eigenvalue weighted by atomic mass is 16.1. The maximum Gasteiger partial charge on any atom is 0.251 e. The van der Waals surface area contributed by atoms with Crippen molar-refractivity contribution in [2.45, 2.75) is 20.3 Å². The minimum absolute atomic E-state index is 0.0253. The molecule has 0 aromatic heterocycles. The molecule has 4 heteroatoms. The predicted octanol–water partition coefficient (Wildman–Crippen LogP) is 2.70. The number of nitrogens with zero attached hydrogens (tertiary/aromatic N) is 1. The summed E-state index contributed by atoms with van der Waals surface area (Å²) >= 11 is 0. The number of hydrogen-bond donors (Lipinski definition) is 2. The molecule has 0 unspecified atom stereocenters. The first kappa shape index (κ1) is 16.2. The van der Waals surface area contributed by atoms with Crippen LogP contribution in [0.15, 0.2) is 37.0 Å². The minimum Gasteiger partial charge on any atom is -0.362 e. The summed E-state index contributed by atoms with van der Waals surface area (Å²) in [4.78, 5) is 14.3. The second kappa shape index (κ2) is 9.15. The summed E-state index contributed by atoms with van der Waals surface area (Å²) in [5, 5.41) is 5.93. The van der Waals surface area contributed by atoms with E-state index in [1.165, 1.54) is 0 Å². The summed E-state index contributed by atoms with van der Waals surface area (Å²) < 4.78 is 0. The fourth-order valence-electron chi connectivity index (χ4n) is 2.01. The summed E-state index contributed by atoms with van der Waals surface area (Å²) in [7, 11) is 0. The van der Waals surface area contributed by atoms with Gasteiger partial charge in [-0.15, -0.1) is 0 Å². The SMILES string of the molecule is C=CNc1ccc(C(=O)NCCN(CC)CCC)cc1. The van der Waals surface area contributed by atoms with Gasteiger partial charge in [0.25, 0.3) is 5.91 Å². The van der Waals surface area contributed by atoms with Crippen LogP contribution in [0.5, 0.6) is 0 Å². The predicted molar refractivity (Wildman–Crippen MR) is 85.0 cm³/mol. The highest BCUT2D eigenvalue weighted by Crippen LogP contribution is 2.09. The zero-order valence-corrected chi connectivity index (χ0v) is 12.5. The molecular weight excluding hydrogens is 250 g/mol. The Hall–Kier alpha value is -1.81. The van der Waals surface area contributed by atoms with Crippen LogP contribution >= 0.6 is 0 Å². The van der Waals surface area contributed by atoms with Crippen LogP contribution in [0.2, 0.25) is 0 Å². The van der Waals surface area contributed by atoms with Gasteiger partial charge in [-0.05, 0) is 50.0 Å². The Labute approximate surface area is 121 Å². The first-order chi connectivity index (χ1) is 9.71. The van der Waals surface area contributed by atoms with Crippen molar-refractivity contribution in [2.75, 3.05) is 31.5 Å². The molecule has 0 saturated heterocycles. The molecule has 0 aliphatic carbocycles. The molecule has 1 rings (SSSR count). The largest absolute Gasteiger partial charge is 0.362 e. The van der Waals surface area contributed by atoms with Crippen molar-refractivity contribution in [1.29, 1.82) is 0 Å². The Morgan fingerprint density at radius 1 is 1.25 bits per heavy atom. The van der Waals surface area contributed by atoms with Crippen molar-refractivity contribution < 1.29 is 4.79 Å². The molecule has 1 amide bonds. The maximum absolute atomic E-state index is 12.0. The number of nitrogens with one attached hydrogen (secondary N) is 2. The number of carbonyl (C=O) groups is 1. The lowest BCUT2D eigenvalue weighted by molar-refractivity contribution is 0.0948. The van der Waals surface area contributed by atoms with E-state index >= 15 is 0 Å². The standard InChI is InChI=1S/C16H25N3O/c1-4-12-19(6-3)13-11-18-16(20)14-7-9-15(10-8-14)17-5-2/h5,7-10,17H,2,4,6,11-13H2,1,3H3,(H,18,20). The molecule has 2 N–H and O–H groups in total. The van der Waals surface area contributed by atoms with Gasteiger partial charge in [-0.3, -0.25) is 4.79 Å². The van der Waals surface area contributed by atoms with Crippen molar-refractivity contribution in [3.05, 3.63) is 42.6 Å². The summed E-state index contributed by atoms with van der Waals surface area (Å²) in [6.45, 7) is 11.6. The first-order valence-corrected chi connectivity index (χ1v) is 7.19. The van der Waals surface area contributed by atoms with Gasteiger partial charge in [0.2, 0.25) is 0 Å². The van der Waals surface area contributed by atoms with Gasteiger partial charge in [0.15, 0.2) is 0 Å². The van der Waals surface area contributed by atoms with Gasteiger partial charge in [-0.1, -0.05) is 20.4 Å². The van der Waals surface area contributed by atoms with Crippen molar-refractivity contribution >= 4 is 11.6 Å². The van der Waals surface area contributed by atoms with E-state index < -0.39 is 0 Å². The van der Waals surface area contributed by atoms with Crippen LogP contribution in [0, 0.1) is 0 Å². The monoisotopic (exact) mass is 275 g/mol. The Kier molecular flexibility index (Phi) is 7.43. The third kappa shape index (κ3) is 5.45. The van der Waals surface area contributed by atoms with Crippen LogP contribution in [0.3, 0.4) is 0 Å². The number of hydrogen-bond acceptors (Lipinski definition) is 3.